The van der Waals surface area contributed by atoms with Gasteiger partial charge in [0.25, 0.3) is 5.91 Å². The SMILES string of the molecule is Cc1ccc(OCC(=O)NC(C)(C)CN)cc1. The molecule has 0 unspecified atom stereocenters. The van der Waals surface area contributed by atoms with Gasteiger partial charge < -0.3 is 15.8 Å². The van der Waals surface area contributed by atoms with Gasteiger partial charge in [0.2, 0.25) is 0 Å². The number of nitrogens with one attached hydrogen (secondary N) is 1. The average molecular weight is 236 g/mol. The smallest absolute Gasteiger partial charge is 0.258 e. The van der Waals surface area contributed by atoms with E-state index in [1.165, 1.54) is 0 Å². The Morgan fingerprint density at radius 2 is 1.94 bits per heavy atom. The second-order valence-electron chi connectivity index (χ2n) is 4.74. The first-order chi connectivity index (χ1) is 7.93. The lowest BCUT2D eigenvalue weighted by Gasteiger charge is -2.24. The first kappa shape index (κ1) is 13.5. The molecule has 4 nitrogen and oxygen atoms in total. The van der Waals surface area contributed by atoms with Crippen LogP contribution >= 0.6 is 0 Å². The molecular formula is C13H20N2O2. The van der Waals surface area contributed by atoms with E-state index in [0.717, 1.165) is 5.56 Å². The van der Waals surface area contributed by atoms with Crippen molar-refractivity contribution in [3.8, 4) is 5.75 Å². The van der Waals surface area contributed by atoms with Gasteiger partial charge in [-0.05, 0) is 32.9 Å². The molecule has 4 heteroatoms. The van der Waals surface area contributed by atoms with Gasteiger partial charge >= 0.3 is 0 Å². The molecule has 0 heterocycles. The van der Waals surface area contributed by atoms with Crippen LogP contribution in [0.15, 0.2) is 24.3 Å². The van der Waals surface area contributed by atoms with Crippen LogP contribution in [0.3, 0.4) is 0 Å². The molecule has 0 bridgehead atoms. The van der Waals surface area contributed by atoms with Gasteiger partial charge in [0.05, 0.1) is 0 Å². The van der Waals surface area contributed by atoms with Gasteiger partial charge in [-0.3, -0.25) is 4.79 Å². The van der Waals surface area contributed by atoms with Crippen molar-refractivity contribution in [3.63, 3.8) is 0 Å². The maximum atomic E-state index is 11.6. The number of benzene rings is 1. The summed E-state index contributed by atoms with van der Waals surface area (Å²) < 4.78 is 5.36. The summed E-state index contributed by atoms with van der Waals surface area (Å²) in [6, 6.07) is 7.57. The van der Waals surface area contributed by atoms with Gasteiger partial charge in [-0.2, -0.15) is 0 Å². The van der Waals surface area contributed by atoms with Gasteiger partial charge in [-0.1, -0.05) is 17.7 Å². The molecule has 0 saturated carbocycles. The Labute approximate surface area is 102 Å². The Balaban J connectivity index is 2.41. The fourth-order valence-electron chi connectivity index (χ4n) is 1.25. The van der Waals surface area contributed by atoms with E-state index in [1.807, 2.05) is 45.0 Å². The number of carbonyl (C=O) groups excluding carboxylic acids is 1. The molecule has 0 saturated heterocycles. The van der Waals surface area contributed by atoms with Crippen molar-refractivity contribution >= 4 is 5.91 Å². The zero-order chi connectivity index (χ0) is 12.9. The molecular weight excluding hydrogens is 216 g/mol. The Morgan fingerprint density at radius 1 is 1.35 bits per heavy atom. The van der Waals surface area contributed by atoms with E-state index in [9.17, 15) is 4.79 Å². The fraction of sp³-hybridized carbons (Fsp3) is 0.462. The molecule has 1 aromatic rings. The van der Waals surface area contributed by atoms with E-state index >= 15 is 0 Å². The molecule has 0 radical (unpaired) electrons. The minimum Gasteiger partial charge on any atom is -0.484 e. The number of hydrogen-bond donors (Lipinski definition) is 2. The van der Waals surface area contributed by atoms with Gasteiger partial charge in [0, 0.05) is 12.1 Å². The summed E-state index contributed by atoms with van der Waals surface area (Å²) in [6.07, 6.45) is 0. The van der Waals surface area contributed by atoms with Gasteiger partial charge in [0.15, 0.2) is 6.61 Å². The first-order valence-electron chi connectivity index (χ1n) is 5.63. The quantitative estimate of drug-likeness (QED) is 0.808. The van der Waals surface area contributed by atoms with Crippen LogP contribution < -0.4 is 15.8 Å². The first-order valence-corrected chi connectivity index (χ1v) is 5.63. The lowest BCUT2D eigenvalue weighted by molar-refractivity contribution is -0.124. The second kappa shape index (κ2) is 5.68. The summed E-state index contributed by atoms with van der Waals surface area (Å²) in [4.78, 5) is 11.6. The Morgan fingerprint density at radius 3 is 2.47 bits per heavy atom. The summed E-state index contributed by atoms with van der Waals surface area (Å²) in [7, 11) is 0. The molecule has 0 aliphatic carbocycles. The molecule has 1 aromatic carbocycles. The highest BCUT2D eigenvalue weighted by Gasteiger charge is 2.18. The van der Waals surface area contributed by atoms with Crippen molar-refractivity contribution in [2.75, 3.05) is 13.2 Å². The third kappa shape index (κ3) is 4.87. The van der Waals surface area contributed by atoms with E-state index < -0.39 is 5.54 Å². The lowest BCUT2D eigenvalue weighted by atomic mass is 10.1. The van der Waals surface area contributed by atoms with Crippen LogP contribution in [0.4, 0.5) is 0 Å². The van der Waals surface area contributed by atoms with Crippen molar-refractivity contribution in [1.82, 2.24) is 5.32 Å². The number of amides is 1. The van der Waals surface area contributed by atoms with Gasteiger partial charge in [0.1, 0.15) is 5.75 Å². The zero-order valence-electron chi connectivity index (χ0n) is 10.6. The number of carbonyl (C=O) groups is 1. The largest absolute Gasteiger partial charge is 0.484 e. The summed E-state index contributed by atoms with van der Waals surface area (Å²) in [5.41, 5.74) is 6.29. The molecule has 0 atom stereocenters. The lowest BCUT2D eigenvalue weighted by Crippen LogP contribution is -2.50. The van der Waals surface area contributed by atoms with Crippen molar-refractivity contribution in [3.05, 3.63) is 29.8 Å². The third-order valence-corrected chi connectivity index (χ3v) is 2.38. The molecule has 0 aromatic heterocycles. The Hall–Kier alpha value is -1.55. The van der Waals surface area contributed by atoms with Gasteiger partial charge in [-0.25, -0.2) is 0 Å². The number of ether oxygens (including phenoxy) is 1. The van der Waals surface area contributed by atoms with Crippen molar-refractivity contribution in [2.24, 2.45) is 5.73 Å². The van der Waals surface area contributed by atoms with Crippen LogP contribution in [0.25, 0.3) is 0 Å². The Bertz CT molecular complexity index is 372. The van der Waals surface area contributed by atoms with E-state index in [2.05, 4.69) is 5.32 Å². The van der Waals surface area contributed by atoms with Crippen molar-refractivity contribution in [2.45, 2.75) is 26.3 Å². The molecule has 0 aliphatic rings. The third-order valence-electron chi connectivity index (χ3n) is 2.38. The molecule has 0 spiro atoms. The number of rotatable bonds is 5. The molecule has 0 fully saturated rings. The van der Waals surface area contributed by atoms with Crippen LogP contribution in [-0.4, -0.2) is 24.6 Å². The summed E-state index contributed by atoms with van der Waals surface area (Å²) in [5, 5.41) is 2.80. The van der Waals surface area contributed by atoms with Crippen molar-refractivity contribution in [1.29, 1.82) is 0 Å². The fourth-order valence-corrected chi connectivity index (χ4v) is 1.25. The number of aryl methyl sites for hydroxylation is 1. The van der Waals surface area contributed by atoms with E-state index in [-0.39, 0.29) is 12.5 Å². The maximum Gasteiger partial charge on any atom is 0.258 e. The highest BCUT2D eigenvalue weighted by Crippen LogP contribution is 2.11. The monoisotopic (exact) mass is 236 g/mol. The highest BCUT2D eigenvalue weighted by atomic mass is 16.5. The average Bonchev–Trinajstić information content (AvgIpc) is 2.28. The minimum atomic E-state index is -0.395. The van der Waals surface area contributed by atoms with Crippen LogP contribution in [0.1, 0.15) is 19.4 Å². The zero-order valence-corrected chi connectivity index (χ0v) is 10.6. The topological polar surface area (TPSA) is 64.3 Å². The highest BCUT2D eigenvalue weighted by molar-refractivity contribution is 5.78. The number of nitrogens with two attached hydrogens (primary N) is 1. The van der Waals surface area contributed by atoms with E-state index in [4.69, 9.17) is 10.5 Å². The molecule has 0 aliphatic heterocycles. The Kier molecular flexibility index (Phi) is 4.52. The predicted octanol–water partition coefficient (Wildman–Crippen LogP) is 1.23. The van der Waals surface area contributed by atoms with Crippen LogP contribution in [-0.2, 0) is 4.79 Å². The van der Waals surface area contributed by atoms with Crippen LogP contribution in [0, 0.1) is 6.92 Å². The molecule has 1 rings (SSSR count). The van der Waals surface area contributed by atoms with Crippen LogP contribution in [0.2, 0.25) is 0 Å². The van der Waals surface area contributed by atoms with Crippen molar-refractivity contribution < 1.29 is 9.53 Å². The summed E-state index contributed by atoms with van der Waals surface area (Å²) >= 11 is 0. The standard InChI is InChI=1S/C13H20N2O2/c1-10-4-6-11(7-5-10)17-8-12(16)15-13(2,3)9-14/h4-7H,8-9,14H2,1-3H3,(H,15,16). The maximum absolute atomic E-state index is 11.6. The van der Waals surface area contributed by atoms with E-state index in [1.54, 1.807) is 0 Å². The summed E-state index contributed by atoms with van der Waals surface area (Å²) in [5.74, 6) is 0.525. The van der Waals surface area contributed by atoms with Crippen LogP contribution in [0.5, 0.6) is 5.75 Å². The molecule has 1 amide bonds. The molecule has 17 heavy (non-hydrogen) atoms. The minimum absolute atomic E-state index is 0.00644. The van der Waals surface area contributed by atoms with Gasteiger partial charge in [-0.15, -0.1) is 0 Å². The molecule has 94 valence electrons. The second-order valence-corrected chi connectivity index (χ2v) is 4.74. The summed E-state index contributed by atoms with van der Waals surface area (Å²) in [6.45, 7) is 6.14. The predicted molar refractivity (Wildman–Crippen MR) is 68.0 cm³/mol. The molecule has 3 N–H and O–H groups in total. The normalized spacial score (nSPS) is 11.1. The number of hydrogen-bond acceptors (Lipinski definition) is 3. The van der Waals surface area contributed by atoms with E-state index in [0.29, 0.717) is 12.3 Å².